The van der Waals surface area contributed by atoms with E-state index in [1.165, 1.54) is 10.5 Å². The fourth-order valence-corrected chi connectivity index (χ4v) is 2.50. The van der Waals surface area contributed by atoms with Crippen LogP contribution < -0.4 is 5.73 Å². The summed E-state index contributed by atoms with van der Waals surface area (Å²) in [6, 6.07) is 8.81. The van der Waals surface area contributed by atoms with Crippen LogP contribution in [0.1, 0.15) is 18.4 Å². The second-order valence-corrected chi connectivity index (χ2v) is 5.12. The quantitative estimate of drug-likeness (QED) is 0.587. The lowest BCUT2D eigenvalue weighted by Crippen LogP contribution is -2.23. The molecular weight excluding hydrogens is 218 g/mol. The summed E-state index contributed by atoms with van der Waals surface area (Å²) in [5.41, 5.74) is 7.33. The minimum Gasteiger partial charge on any atom is -0.385 e. The van der Waals surface area contributed by atoms with Gasteiger partial charge in [0.25, 0.3) is 0 Å². The predicted octanol–water partition coefficient (Wildman–Crippen LogP) is 2.84. The van der Waals surface area contributed by atoms with Crippen molar-refractivity contribution in [2.45, 2.75) is 30.7 Å². The molecule has 0 aliphatic rings. The van der Waals surface area contributed by atoms with Gasteiger partial charge in [0.2, 0.25) is 0 Å². The summed E-state index contributed by atoms with van der Waals surface area (Å²) in [6.07, 6.45) is 2.08. The molecule has 2 nitrogen and oxygen atoms in total. The molecule has 1 aromatic rings. The van der Waals surface area contributed by atoms with E-state index in [0.29, 0.717) is 0 Å². The van der Waals surface area contributed by atoms with Crippen molar-refractivity contribution in [3.05, 3.63) is 29.8 Å². The Morgan fingerprint density at radius 1 is 1.44 bits per heavy atom. The van der Waals surface area contributed by atoms with Crippen molar-refractivity contribution in [1.82, 2.24) is 0 Å². The molecule has 1 unspecified atom stereocenters. The Labute approximate surface area is 103 Å². The van der Waals surface area contributed by atoms with E-state index >= 15 is 0 Å². The van der Waals surface area contributed by atoms with E-state index in [2.05, 4.69) is 31.2 Å². The van der Waals surface area contributed by atoms with Gasteiger partial charge in [-0.15, -0.1) is 11.8 Å². The molecule has 1 rings (SSSR count). The molecule has 3 heteroatoms. The van der Waals surface area contributed by atoms with E-state index < -0.39 is 0 Å². The minimum absolute atomic E-state index is 0.265. The molecule has 0 aliphatic heterocycles. The number of nitrogens with two attached hydrogens (primary N) is 1. The van der Waals surface area contributed by atoms with Crippen molar-refractivity contribution in [3.63, 3.8) is 0 Å². The number of benzene rings is 1. The SMILES string of the molecule is COCCCC(N)CSc1cccc(C)c1. The molecule has 0 amide bonds. The van der Waals surface area contributed by atoms with E-state index in [4.69, 9.17) is 10.5 Å². The van der Waals surface area contributed by atoms with E-state index in [1.54, 1.807) is 7.11 Å². The Kier molecular flexibility index (Phi) is 6.53. The standard InChI is InChI=1S/C13H21NOS/c1-11-5-3-7-13(9-11)16-10-12(14)6-4-8-15-2/h3,5,7,9,12H,4,6,8,10,14H2,1-2H3. The van der Waals surface area contributed by atoms with Crippen LogP contribution in [0.3, 0.4) is 0 Å². The normalized spacial score (nSPS) is 12.7. The highest BCUT2D eigenvalue weighted by Gasteiger charge is 2.03. The highest BCUT2D eigenvalue weighted by atomic mass is 32.2. The van der Waals surface area contributed by atoms with Crippen molar-refractivity contribution < 1.29 is 4.74 Å². The topological polar surface area (TPSA) is 35.2 Å². The van der Waals surface area contributed by atoms with Crippen molar-refractivity contribution in [3.8, 4) is 0 Å². The number of ether oxygens (including phenoxy) is 1. The molecule has 0 heterocycles. The van der Waals surface area contributed by atoms with Gasteiger partial charge in [0.05, 0.1) is 0 Å². The van der Waals surface area contributed by atoms with Gasteiger partial charge in [0.1, 0.15) is 0 Å². The second-order valence-electron chi connectivity index (χ2n) is 4.02. The number of rotatable bonds is 7. The third-order valence-corrected chi connectivity index (χ3v) is 3.56. The van der Waals surface area contributed by atoms with Gasteiger partial charge in [-0.25, -0.2) is 0 Å². The average molecular weight is 239 g/mol. The summed E-state index contributed by atoms with van der Waals surface area (Å²) >= 11 is 1.83. The van der Waals surface area contributed by atoms with E-state index in [1.807, 2.05) is 11.8 Å². The number of aryl methyl sites for hydroxylation is 1. The largest absolute Gasteiger partial charge is 0.385 e. The lowest BCUT2D eigenvalue weighted by atomic mass is 10.2. The van der Waals surface area contributed by atoms with Crippen molar-refractivity contribution in [2.75, 3.05) is 19.5 Å². The third kappa shape index (κ3) is 5.54. The zero-order valence-electron chi connectivity index (χ0n) is 10.1. The maximum absolute atomic E-state index is 6.02. The Bertz CT molecular complexity index is 304. The van der Waals surface area contributed by atoms with Crippen LogP contribution in [0.2, 0.25) is 0 Å². The number of methoxy groups -OCH3 is 1. The van der Waals surface area contributed by atoms with Crippen molar-refractivity contribution in [1.29, 1.82) is 0 Å². The van der Waals surface area contributed by atoms with E-state index in [-0.39, 0.29) is 6.04 Å². The molecule has 1 atom stereocenters. The molecule has 0 fully saturated rings. The Balaban J connectivity index is 2.23. The first-order valence-corrected chi connectivity index (χ1v) is 6.65. The smallest absolute Gasteiger partial charge is 0.0462 e. The van der Waals surface area contributed by atoms with Gasteiger partial charge < -0.3 is 10.5 Å². The minimum atomic E-state index is 0.265. The molecule has 0 aliphatic carbocycles. The molecule has 0 spiro atoms. The monoisotopic (exact) mass is 239 g/mol. The lowest BCUT2D eigenvalue weighted by molar-refractivity contribution is 0.191. The summed E-state index contributed by atoms with van der Waals surface area (Å²) in [5, 5.41) is 0. The molecule has 0 bridgehead atoms. The van der Waals surface area contributed by atoms with Gasteiger partial charge in [0, 0.05) is 30.4 Å². The van der Waals surface area contributed by atoms with Crippen molar-refractivity contribution >= 4 is 11.8 Å². The van der Waals surface area contributed by atoms with Crippen LogP contribution in [0.5, 0.6) is 0 Å². The van der Waals surface area contributed by atoms with Crippen LogP contribution >= 0.6 is 11.8 Å². The average Bonchev–Trinajstić information content (AvgIpc) is 2.27. The van der Waals surface area contributed by atoms with Crippen LogP contribution in [-0.2, 0) is 4.74 Å². The third-order valence-electron chi connectivity index (χ3n) is 2.38. The van der Waals surface area contributed by atoms with E-state index in [9.17, 15) is 0 Å². The molecule has 2 N–H and O–H groups in total. The highest BCUT2D eigenvalue weighted by molar-refractivity contribution is 7.99. The lowest BCUT2D eigenvalue weighted by Gasteiger charge is -2.10. The second kappa shape index (κ2) is 7.71. The van der Waals surface area contributed by atoms with Crippen LogP contribution in [0.25, 0.3) is 0 Å². The summed E-state index contributed by atoms with van der Waals surface area (Å²) in [6.45, 7) is 2.92. The molecule has 90 valence electrons. The summed E-state index contributed by atoms with van der Waals surface area (Å²) in [4.78, 5) is 1.31. The maximum Gasteiger partial charge on any atom is 0.0462 e. The highest BCUT2D eigenvalue weighted by Crippen LogP contribution is 2.20. The zero-order valence-corrected chi connectivity index (χ0v) is 10.9. The van der Waals surface area contributed by atoms with Gasteiger partial charge in [-0.05, 0) is 31.9 Å². The van der Waals surface area contributed by atoms with Crippen LogP contribution in [0.15, 0.2) is 29.2 Å². The number of hydrogen-bond donors (Lipinski definition) is 1. The summed E-state index contributed by atoms with van der Waals surface area (Å²) < 4.78 is 5.01. The van der Waals surface area contributed by atoms with Gasteiger partial charge >= 0.3 is 0 Å². The molecule has 0 radical (unpaired) electrons. The Hall–Kier alpha value is -0.510. The summed E-state index contributed by atoms with van der Waals surface area (Å²) in [7, 11) is 1.73. The van der Waals surface area contributed by atoms with Crippen LogP contribution in [0.4, 0.5) is 0 Å². The first-order chi connectivity index (χ1) is 7.72. The molecule has 0 aromatic heterocycles. The molecule has 1 aromatic carbocycles. The van der Waals surface area contributed by atoms with Crippen molar-refractivity contribution in [2.24, 2.45) is 5.73 Å². The van der Waals surface area contributed by atoms with Gasteiger partial charge in [0.15, 0.2) is 0 Å². The predicted molar refractivity (Wildman–Crippen MR) is 71.0 cm³/mol. The van der Waals surface area contributed by atoms with Gasteiger partial charge in [-0.1, -0.05) is 17.7 Å². The first-order valence-electron chi connectivity index (χ1n) is 5.66. The maximum atomic E-state index is 6.02. The van der Waals surface area contributed by atoms with Gasteiger partial charge in [-0.2, -0.15) is 0 Å². The first kappa shape index (κ1) is 13.6. The Morgan fingerprint density at radius 3 is 2.94 bits per heavy atom. The molecule has 0 saturated heterocycles. The van der Waals surface area contributed by atoms with Gasteiger partial charge in [-0.3, -0.25) is 0 Å². The molecule has 16 heavy (non-hydrogen) atoms. The Morgan fingerprint density at radius 2 is 2.25 bits per heavy atom. The van der Waals surface area contributed by atoms with Crippen LogP contribution in [0, 0.1) is 6.92 Å². The molecular formula is C13H21NOS. The van der Waals surface area contributed by atoms with E-state index in [0.717, 1.165) is 25.2 Å². The number of hydrogen-bond acceptors (Lipinski definition) is 3. The fourth-order valence-electron chi connectivity index (χ4n) is 1.48. The zero-order chi connectivity index (χ0) is 11.8. The van der Waals surface area contributed by atoms with Crippen LogP contribution in [-0.4, -0.2) is 25.5 Å². The number of thioether (sulfide) groups is 1. The molecule has 0 saturated carbocycles. The fraction of sp³-hybridized carbons (Fsp3) is 0.538. The summed E-state index contributed by atoms with van der Waals surface area (Å²) in [5.74, 6) is 0.979.